The number of carboxylic acid groups (broad SMARTS) is 2. The van der Waals surface area contributed by atoms with Crippen molar-refractivity contribution >= 4 is 29.6 Å². The van der Waals surface area contributed by atoms with Crippen molar-refractivity contribution < 1.29 is 29.3 Å². The number of hydrogen-bond donors (Lipinski definition) is 3. The monoisotopic (exact) mass is 535 g/mol. The number of hydrogen-bond acceptors (Lipinski definition) is 5. The van der Waals surface area contributed by atoms with Gasteiger partial charge in [-0.3, -0.25) is 9.59 Å². The summed E-state index contributed by atoms with van der Waals surface area (Å²) in [5, 5.41) is 22.1. The number of carbonyl (C=O) groups excluding carboxylic acids is 1. The molecule has 0 aliphatic heterocycles. The maximum atomic E-state index is 13.3. The third-order valence-electron chi connectivity index (χ3n) is 6.25. The molecule has 0 saturated heterocycles. The molecule has 3 atom stereocenters. The van der Waals surface area contributed by atoms with E-state index < -0.39 is 35.7 Å². The molecule has 3 aromatic rings. The number of carboxylic acids is 2. The van der Waals surface area contributed by atoms with E-state index in [9.17, 15) is 24.6 Å². The number of para-hydroxylation sites is 1. The van der Waals surface area contributed by atoms with Crippen LogP contribution in [0.4, 0.5) is 0 Å². The Morgan fingerprint density at radius 1 is 0.816 bits per heavy atom. The second kappa shape index (κ2) is 14.8. The first-order valence-corrected chi connectivity index (χ1v) is 13.8. The van der Waals surface area contributed by atoms with Gasteiger partial charge in [-0.15, -0.1) is 0 Å². The zero-order valence-corrected chi connectivity index (χ0v) is 22.1. The third kappa shape index (κ3) is 8.95. The van der Waals surface area contributed by atoms with Crippen LogP contribution in [0.1, 0.15) is 18.4 Å². The first-order chi connectivity index (χ1) is 18.4. The summed E-state index contributed by atoms with van der Waals surface area (Å²) in [6.45, 7) is -0.106. The molecule has 0 aliphatic carbocycles. The van der Waals surface area contributed by atoms with Crippen molar-refractivity contribution in [1.29, 1.82) is 0 Å². The highest BCUT2D eigenvalue weighted by Gasteiger charge is 2.30. The highest BCUT2D eigenvalue weighted by Crippen LogP contribution is 2.24. The number of rotatable bonds is 15. The van der Waals surface area contributed by atoms with Crippen molar-refractivity contribution in [3.8, 4) is 16.9 Å². The fourth-order valence-electron chi connectivity index (χ4n) is 4.11. The molecule has 8 heteroatoms. The first kappa shape index (κ1) is 28.8. The first-order valence-electron chi connectivity index (χ1n) is 12.4. The molecular formula is C30H33NO6S. The standard InChI is InChI=1S/C30H33NO6S/c1-38-17-16-27(30(35)36)31-28(32)24(19-25(29(33)34)20-37-26-10-6-3-7-11-26)18-21-12-14-23(15-13-21)22-8-4-2-5-9-22/h2-15,24-25,27H,16-20H2,1H3,(H,31,32)(H,33,34)(H,35,36)/t24-,25?,27?/m1/s1. The van der Waals surface area contributed by atoms with Crippen LogP contribution in [0.3, 0.4) is 0 Å². The summed E-state index contributed by atoms with van der Waals surface area (Å²) in [5.74, 6) is -3.25. The van der Waals surface area contributed by atoms with E-state index in [1.54, 1.807) is 24.3 Å². The van der Waals surface area contributed by atoms with Gasteiger partial charge >= 0.3 is 11.9 Å². The Hall–Kier alpha value is -3.78. The summed E-state index contributed by atoms with van der Waals surface area (Å²) >= 11 is 1.50. The largest absolute Gasteiger partial charge is 0.493 e. The van der Waals surface area contributed by atoms with Gasteiger partial charge in [-0.05, 0) is 60.1 Å². The molecular weight excluding hydrogens is 502 g/mol. The Morgan fingerprint density at radius 2 is 1.42 bits per heavy atom. The zero-order chi connectivity index (χ0) is 27.3. The summed E-state index contributed by atoms with van der Waals surface area (Å²) in [6, 6.07) is 25.5. The summed E-state index contributed by atoms with van der Waals surface area (Å²) in [7, 11) is 0. The number of ether oxygens (including phenoxy) is 1. The topological polar surface area (TPSA) is 113 Å². The van der Waals surface area contributed by atoms with Gasteiger partial charge in [-0.1, -0.05) is 72.8 Å². The van der Waals surface area contributed by atoms with E-state index in [2.05, 4.69) is 5.32 Å². The van der Waals surface area contributed by atoms with Gasteiger partial charge in [0.15, 0.2) is 0 Å². The predicted octanol–water partition coefficient (Wildman–Crippen LogP) is 5.00. The van der Waals surface area contributed by atoms with E-state index in [1.165, 1.54) is 11.8 Å². The lowest BCUT2D eigenvalue weighted by Crippen LogP contribution is -2.45. The molecule has 0 spiro atoms. The van der Waals surface area contributed by atoms with Crippen molar-refractivity contribution in [2.45, 2.75) is 25.3 Å². The van der Waals surface area contributed by atoms with E-state index in [4.69, 9.17) is 4.74 Å². The molecule has 2 unspecified atom stereocenters. The van der Waals surface area contributed by atoms with Gasteiger partial charge in [0, 0.05) is 5.92 Å². The Bertz CT molecular complexity index is 1170. The van der Waals surface area contributed by atoms with Crippen LogP contribution in [0.2, 0.25) is 0 Å². The summed E-state index contributed by atoms with van der Waals surface area (Å²) in [4.78, 5) is 37.2. The second-order valence-electron chi connectivity index (χ2n) is 9.04. The summed E-state index contributed by atoms with van der Waals surface area (Å²) in [5.41, 5.74) is 2.95. The minimum Gasteiger partial charge on any atom is -0.493 e. The van der Waals surface area contributed by atoms with Gasteiger partial charge in [-0.25, -0.2) is 4.79 Å². The smallest absolute Gasteiger partial charge is 0.326 e. The molecule has 0 bridgehead atoms. The molecule has 3 N–H and O–H groups in total. The van der Waals surface area contributed by atoms with Crippen molar-refractivity contribution in [2.24, 2.45) is 11.8 Å². The average molecular weight is 536 g/mol. The molecule has 0 radical (unpaired) electrons. The van der Waals surface area contributed by atoms with Crippen LogP contribution in [0.15, 0.2) is 84.9 Å². The normalized spacial score (nSPS) is 13.2. The average Bonchev–Trinajstić information content (AvgIpc) is 2.93. The fourth-order valence-corrected chi connectivity index (χ4v) is 4.58. The van der Waals surface area contributed by atoms with Crippen LogP contribution >= 0.6 is 11.8 Å². The number of carbonyl (C=O) groups is 3. The van der Waals surface area contributed by atoms with Gasteiger partial charge in [0.2, 0.25) is 5.91 Å². The Kier molecular flexibility index (Phi) is 11.2. The van der Waals surface area contributed by atoms with Crippen LogP contribution in [-0.4, -0.2) is 52.7 Å². The van der Waals surface area contributed by atoms with Crippen LogP contribution < -0.4 is 10.1 Å². The van der Waals surface area contributed by atoms with Crippen LogP contribution in [0.5, 0.6) is 5.75 Å². The van der Waals surface area contributed by atoms with E-state index in [1.807, 2.05) is 66.9 Å². The summed E-state index contributed by atoms with van der Waals surface area (Å²) in [6.07, 6.45) is 2.42. The predicted molar refractivity (Wildman–Crippen MR) is 149 cm³/mol. The zero-order valence-electron chi connectivity index (χ0n) is 21.3. The molecule has 3 rings (SSSR count). The van der Waals surface area contributed by atoms with Crippen molar-refractivity contribution in [2.75, 3.05) is 18.6 Å². The maximum absolute atomic E-state index is 13.3. The van der Waals surface area contributed by atoms with Gasteiger partial charge in [-0.2, -0.15) is 11.8 Å². The molecule has 0 aromatic heterocycles. The highest BCUT2D eigenvalue weighted by molar-refractivity contribution is 7.98. The maximum Gasteiger partial charge on any atom is 0.326 e. The fraction of sp³-hybridized carbons (Fsp3) is 0.300. The molecule has 0 saturated carbocycles. The summed E-state index contributed by atoms with van der Waals surface area (Å²) < 4.78 is 5.69. The molecule has 7 nitrogen and oxygen atoms in total. The Morgan fingerprint density at radius 3 is 2.00 bits per heavy atom. The highest BCUT2D eigenvalue weighted by atomic mass is 32.2. The van der Waals surface area contributed by atoms with Gasteiger partial charge in [0.1, 0.15) is 18.4 Å². The van der Waals surface area contributed by atoms with Crippen molar-refractivity contribution in [3.05, 3.63) is 90.5 Å². The number of benzene rings is 3. The number of nitrogens with one attached hydrogen (secondary N) is 1. The molecule has 1 amide bonds. The quantitative estimate of drug-likeness (QED) is 0.251. The van der Waals surface area contributed by atoms with E-state index in [-0.39, 0.29) is 25.9 Å². The Labute approximate surface area is 227 Å². The van der Waals surface area contributed by atoms with Gasteiger partial charge in [0.05, 0.1) is 5.92 Å². The van der Waals surface area contributed by atoms with Crippen molar-refractivity contribution in [3.63, 3.8) is 0 Å². The third-order valence-corrected chi connectivity index (χ3v) is 6.90. The van der Waals surface area contributed by atoms with E-state index in [0.717, 1.165) is 16.7 Å². The second-order valence-corrected chi connectivity index (χ2v) is 10.0. The minimum atomic E-state index is -1.11. The number of aliphatic carboxylic acids is 2. The van der Waals surface area contributed by atoms with Crippen molar-refractivity contribution in [1.82, 2.24) is 5.32 Å². The van der Waals surface area contributed by atoms with Crippen LogP contribution in [0, 0.1) is 11.8 Å². The number of thioether (sulfide) groups is 1. The van der Waals surface area contributed by atoms with Crippen LogP contribution in [0.25, 0.3) is 11.1 Å². The lowest BCUT2D eigenvalue weighted by Gasteiger charge is -2.23. The number of amides is 1. The minimum absolute atomic E-state index is 0.00328. The molecule has 3 aromatic carbocycles. The lowest BCUT2D eigenvalue weighted by atomic mass is 9.88. The van der Waals surface area contributed by atoms with E-state index >= 15 is 0 Å². The van der Waals surface area contributed by atoms with Gasteiger partial charge in [0.25, 0.3) is 0 Å². The SMILES string of the molecule is CSCCC(NC(=O)[C@H](Cc1ccc(-c2ccccc2)cc1)CC(COc1ccccc1)C(=O)O)C(=O)O. The molecule has 200 valence electrons. The Balaban J connectivity index is 1.78. The molecule has 0 aliphatic rings. The van der Waals surface area contributed by atoms with Gasteiger partial charge < -0.3 is 20.3 Å². The lowest BCUT2D eigenvalue weighted by molar-refractivity contribution is -0.145. The molecule has 0 heterocycles. The van der Waals surface area contributed by atoms with E-state index in [0.29, 0.717) is 11.5 Å². The molecule has 38 heavy (non-hydrogen) atoms. The van der Waals surface area contributed by atoms with Crippen LogP contribution in [-0.2, 0) is 20.8 Å². The molecule has 0 fully saturated rings.